The fourth-order valence-corrected chi connectivity index (χ4v) is 3.97. The predicted octanol–water partition coefficient (Wildman–Crippen LogP) is 4.62. The molecular weight excluding hydrogens is 362 g/mol. The Morgan fingerprint density at radius 2 is 1.93 bits per heavy atom. The molecule has 2 aromatic carbocycles. The smallest absolute Gasteiger partial charge is 0.242 e. The summed E-state index contributed by atoms with van der Waals surface area (Å²) in [4.78, 5) is 19.8. The van der Waals surface area contributed by atoms with E-state index in [1.54, 1.807) is 7.11 Å². The summed E-state index contributed by atoms with van der Waals surface area (Å²) in [6.07, 6.45) is 7.38. The number of piperidine rings is 1. The Morgan fingerprint density at radius 1 is 1.14 bits per heavy atom. The number of hydrogen-bond acceptors (Lipinski definition) is 3. The van der Waals surface area contributed by atoms with E-state index >= 15 is 0 Å². The molecule has 0 saturated carbocycles. The van der Waals surface area contributed by atoms with Crippen LogP contribution < -0.4 is 4.74 Å². The van der Waals surface area contributed by atoms with Crippen LogP contribution in [0.15, 0.2) is 48.5 Å². The van der Waals surface area contributed by atoms with Crippen LogP contribution in [-0.2, 0) is 11.3 Å². The molecule has 3 aromatic rings. The van der Waals surface area contributed by atoms with E-state index in [-0.39, 0.29) is 5.91 Å². The van der Waals surface area contributed by atoms with Crippen LogP contribution in [0.25, 0.3) is 23.2 Å². The Hall–Kier alpha value is -3.08. The molecule has 1 aromatic heterocycles. The first kappa shape index (κ1) is 19.2. The third-order valence-corrected chi connectivity index (χ3v) is 5.64. The highest BCUT2D eigenvalue weighted by atomic mass is 16.5. The summed E-state index contributed by atoms with van der Waals surface area (Å²) < 4.78 is 7.25. The quantitative estimate of drug-likeness (QED) is 0.640. The molecule has 1 atom stereocenters. The number of nitrogens with zero attached hydrogens (tertiary/aromatic N) is 3. The van der Waals surface area contributed by atoms with Gasteiger partial charge in [-0.25, -0.2) is 4.98 Å². The SMILES string of the molecule is COc1ccc(/C=C/c2nc3ccccc3n2CC(=O)N2CCCCC2C)cc1. The zero-order valence-corrected chi connectivity index (χ0v) is 17.0. The van der Waals surface area contributed by atoms with Crippen LogP contribution >= 0.6 is 0 Å². The Balaban J connectivity index is 1.63. The maximum Gasteiger partial charge on any atom is 0.242 e. The maximum absolute atomic E-state index is 13.1. The fraction of sp³-hybridized carbons (Fsp3) is 0.333. The molecule has 1 saturated heterocycles. The van der Waals surface area contributed by atoms with Crippen molar-refractivity contribution in [2.45, 2.75) is 38.8 Å². The van der Waals surface area contributed by atoms with Crippen molar-refractivity contribution in [3.63, 3.8) is 0 Å². The molecule has 0 radical (unpaired) electrons. The predicted molar refractivity (Wildman–Crippen MR) is 117 cm³/mol. The van der Waals surface area contributed by atoms with Crippen molar-refractivity contribution in [1.82, 2.24) is 14.5 Å². The van der Waals surface area contributed by atoms with Gasteiger partial charge in [0.25, 0.3) is 0 Å². The summed E-state index contributed by atoms with van der Waals surface area (Å²) in [6.45, 7) is 3.31. The number of ether oxygens (including phenoxy) is 1. The van der Waals surface area contributed by atoms with Crippen LogP contribution in [0.2, 0.25) is 0 Å². The number of benzene rings is 2. The molecule has 1 fully saturated rings. The molecule has 1 aliphatic rings. The highest BCUT2D eigenvalue weighted by molar-refractivity contribution is 5.84. The van der Waals surface area contributed by atoms with Crippen LogP contribution in [0.5, 0.6) is 5.75 Å². The monoisotopic (exact) mass is 389 g/mol. The van der Waals surface area contributed by atoms with Gasteiger partial charge in [0.05, 0.1) is 18.1 Å². The number of fused-ring (bicyclic) bond motifs is 1. The van der Waals surface area contributed by atoms with E-state index in [0.717, 1.165) is 47.6 Å². The van der Waals surface area contributed by atoms with Crippen molar-refractivity contribution in [1.29, 1.82) is 0 Å². The zero-order valence-electron chi connectivity index (χ0n) is 17.0. The van der Waals surface area contributed by atoms with E-state index in [4.69, 9.17) is 9.72 Å². The Bertz CT molecular complexity index is 1020. The second kappa shape index (κ2) is 8.52. The van der Waals surface area contributed by atoms with E-state index in [2.05, 4.69) is 6.92 Å². The van der Waals surface area contributed by atoms with Crippen molar-refractivity contribution >= 4 is 29.1 Å². The number of aromatic nitrogens is 2. The third kappa shape index (κ3) is 4.19. The first-order valence-corrected chi connectivity index (χ1v) is 10.2. The minimum Gasteiger partial charge on any atom is -0.497 e. The highest BCUT2D eigenvalue weighted by Gasteiger charge is 2.24. The van der Waals surface area contributed by atoms with Gasteiger partial charge in [0.1, 0.15) is 18.1 Å². The van der Waals surface area contributed by atoms with E-state index < -0.39 is 0 Å². The van der Waals surface area contributed by atoms with Gasteiger partial charge in [0, 0.05) is 12.6 Å². The molecule has 29 heavy (non-hydrogen) atoms. The van der Waals surface area contributed by atoms with Gasteiger partial charge in [-0.1, -0.05) is 30.3 Å². The number of likely N-dealkylation sites (tertiary alicyclic amines) is 1. The van der Waals surface area contributed by atoms with Gasteiger partial charge in [-0.05, 0) is 62.1 Å². The van der Waals surface area contributed by atoms with E-state index in [9.17, 15) is 4.79 Å². The lowest BCUT2D eigenvalue weighted by Crippen LogP contribution is -2.43. The number of methoxy groups -OCH3 is 1. The van der Waals surface area contributed by atoms with Gasteiger partial charge < -0.3 is 14.2 Å². The van der Waals surface area contributed by atoms with Gasteiger partial charge in [0.15, 0.2) is 0 Å². The number of rotatable bonds is 5. The van der Waals surface area contributed by atoms with Gasteiger partial charge in [-0.15, -0.1) is 0 Å². The molecular formula is C24H27N3O2. The Morgan fingerprint density at radius 3 is 2.69 bits per heavy atom. The molecule has 0 bridgehead atoms. The number of hydrogen-bond donors (Lipinski definition) is 0. The van der Waals surface area contributed by atoms with Crippen LogP contribution in [0.1, 0.15) is 37.6 Å². The zero-order chi connectivity index (χ0) is 20.2. The summed E-state index contributed by atoms with van der Waals surface area (Å²) in [6, 6.07) is 16.2. The minimum atomic E-state index is 0.166. The molecule has 0 aliphatic carbocycles. The Kier molecular flexibility index (Phi) is 5.65. The minimum absolute atomic E-state index is 0.166. The highest BCUT2D eigenvalue weighted by Crippen LogP contribution is 2.21. The lowest BCUT2D eigenvalue weighted by molar-refractivity contribution is -0.135. The van der Waals surface area contributed by atoms with E-state index in [0.29, 0.717) is 12.6 Å². The summed E-state index contributed by atoms with van der Waals surface area (Å²) in [5.74, 6) is 1.79. The fourth-order valence-electron chi connectivity index (χ4n) is 3.97. The molecule has 2 heterocycles. The van der Waals surface area contributed by atoms with Gasteiger partial charge in [-0.2, -0.15) is 0 Å². The first-order valence-electron chi connectivity index (χ1n) is 10.2. The Labute approximate surface area is 171 Å². The van der Waals surface area contributed by atoms with Crippen LogP contribution in [0.4, 0.5) is 0 Å². The first-order chi connectivity index (χ1) is 14.2. The molecule has 0 N–H and O–H groups in total. The third-order valence-electron chi connectivity index (χ3n) is 5.64. The summed E-state index contributed by atoms with van der Waals surface area (Å²) >= 11 is 0. The largest absolute Gasteiger partial charge is 0.497 e. The lowest BCUT2D eigenvalue weighted by Gasteiger charge is -2.33. The van der Waals surface area contributed by atoms with Crippen molar-refractivity contribution in [2.24, 2.45) is 0 Å². The number of para-hydroxylation sites is 2. The molecule has 5 heteroatoms. The molecule has 150 valence electrons. The van der Waals surface area contributed by atoms with Crippen LogP contribution in [0, 0.1) is 0 Å². The second-order valence-corrected chi connectivity index (χ2v) is 7.58. The van der Waals surface area contributed by atoms with Gasteiger partial charge >= 0.3 is 0 Å². The van der Waals surface area contributed by atoms with E-state index in [1.165, 1.54) is 6.42 Å². The second-order valence-electron chi connectivity index (χ2n) is 7.58. The maximum atomic E-state index is 13.1. The number of amides is 1. The average Bonchev–Trinajstić information content (AvgIpc) is 3.10. The van der Waals surface area contributed by atoms with Crippen molar-refractivity contribution < 1.29 is 9.53 Å². The van der Waals surface area contributed by atoms with Crippen LogP contribution in [-0.4, -0.2) is 40.1 Å². The summed E-state index contributed by atoms with van der Waals surface area (Å²) in [5.41, 5.74) is 2.95. The lowest BCUT2D eigenvalue weighted by atomic mass is 10.0. The standard InChI is InChI=1S/C24H27N3O2/c1-18-7-5-6-16-26(18)24(28)17-27-22-9-4-3-8-21(22)25-23(27)15-12-19-10-13-20(29-2)14-11-19/h3-4,8-15,18H,5-7,16-17H2,1-2H3/b15-12+. The van der Waals surface area contributed by atoms with Crippen LogP contribution in [0.3, 0.4) is 0 Å². The van der Waals surface area contributed by atoms with Gasteiger partial charge in [0.2, 0.25) is 5.91 Å². The molecule has 1 amide bonds. The van der Waals surface area contributed by atoms with Crippen molar-refractivity contribution in [2.75, 3.05) is 13.7 Å². The molecule has 5 nitrogen and oxygen atoms in total. The molecule has 1 unspecified atom stereocenters. The van der Waals surface area contributed by atoms with Crippen molar-refractivity contribution in [3.05, 3.63) is 59.9 Å². The molecule has 4 rings (SSSR count). The average molecular weight is 389 g/mol. The number of carbonyl (C=O) groups is 1. The van der Waals surface area contributed by atoms with E-state index in [1.807, 2.05) is 70.1 Å². The topological polar surface area (TPSA) is 47.4 Å². The number of carbonyl (C=O) groups excluding carboxylic acids is 1. The van der Waals surface area contributed by atoms with Gasteiger partial charge in [-0.3, -0.25) is 4.79 Å². The summed E-state index contributed by atoms with van der Waals surface area (Å²) in [7, 11) is 1.66. The molecule has 1 aliphatic heterocycles. The van der Waals surface area contributed by atoms with Crippen molar-refractivity contribution in [3.8, 4) is 5.75 Å². The molecule has 0 spiro atoms. The normalized spacial score (nSPS) is 17.2. The summed E-state index contributed by atoms with van der Waals surface area (Å²) in [5, 5.41) is 0. The number of imidazole rings is 1.